The molecule has 0 saturated heterocycles. The van der Waals surface area contributed by atoms with Gasteiger partial charge in [-0.2, -0.15) is 4.98 Å². The van der Waals surface area contributed by atoms with Crippen LogP contribution in [-0.2, 0) is 0 Å². The van der Waals surface area contributed by atoms with E-state index in [1.807, 2.05) is 12.1 Å². The molecule has 0 atom stereocenters. The fraction of sp³-hybridized carbons (Fsp3) is 0.143. The highest BCUT2D eigenvalue weighted by Crippen LogP contribution is 2.41. The summed E-state index contributed by atoms with van der Waals surface area (Å²) < 4.78 is 0. The maximum atomic E-state index is 6.19. The van der Waals surface area contributed by atoms with E-state index >= 15 is 0 Å². The van der Waals surface area contributed by atoms with Crippen LogP contribution in [0.1, 0.15) is 16.0 Å². The highest BCUT2D eigenvalue weighted by Gasteiger charge is 2.18. The average Bonchev–Trinajstić information content (AvgIpc) is 2.93. The number of halogens is 1. The molecule has 0 bridgehead atoms. The van der Waals surface area contributed by atoms with E-state index in [-0.39, 0.29) is 5.28 Å². The smallest absolute Gasteiger partial charge is 0.225 e. The molecular weight excluding hydrogens is 362 g/mol. The largest absolute Gasteiger partial charge is 0.340 e. The molecule has 0 spiro atoms. The number of benzene rings is 2. The quantitative estimate of drug-likeness (QED) is 0.403. The Balaban J connectivity index is 1.91. The van der Waals surface area contributed by atoms with Gasteiger partial charge in [-0.3, -0.25) is 0 Å². The molecule has 0 amide bonds. The average molecular weight is 380 g/mol. The van der Waals surface area contributed by atoms with E-state index in [2.05, 4.69) is 72.5 Å². The predicted molar refractivity (Wildman–Crippen MR) is 112 cm³/mol. The van der Waals surface area contributed by atoms with Gasteiger partial charge in [0.2, 0.25) is 5.28 Å². The van der Waals surface area contributed by atoms with Crippen molar-refractivity contribution in [3.63, 3.8) is 0 Å². The van der Waals surface area contributed by atoms with E-state index in [0.717, 1.165) is 32.8 Å². The van der Waals surface area contributed by atoms with Crippen molar-refractivity contribution in [3.8, 4) is 11.1 Å². The highest BCUT2D eigenvalue weighted by atomic mass is 35.5. The number of hydrogen-bond acceptors (Lipinski definition) is 4. The highest BCUT2D eigenvalue weighted by molar-refractivity contribution is 7.19. The molecule has 3 nitrogen and oxygen atoms in total. The molecule has 2 heterocycles. The topological polar surface area (TPSA) is 37.8 Å². The molecule has 0 radical (unpaired) electrons. The monoisotopic (exact) mass is 379 g/mol. The number of hydrogen-bond donors (Lipinski definition) is 1. The molecule has 0 unspecified atom stereocenters. The molecule has 2 aromatic heterocycles. The summed E-state index contributed by atoms with van der Waals surface area (Å²) in [5, 5.41) is 4.69. The minimum Gasteiger partial charge on any atom is -0.340 e. The van der Waals surface area contributed by atoms with E-state index in [9.17, 15) is 0 Å². The number of rotatable bonds is 3. The first kappa shape index (κ1) is 17.0. The molecule has 130 valence electrons. The molecule has 0 aliphatic rings. The normalized spacial score (nSPS) is 11.1. The van der Waals surface area contributed by atoms with Crippen LogP contribution in [0, 0.1) is 20.8 Å². The van der Waals surface area contributed by atoms with Crippen molar-refractivity contribution in [3.05, 3.63) is 69.8 Å². The lowest BCUT2D eigenvalue weighted by molar-refractivity contribution is 1.23. The summed E-state index contributed by atoms with van der Waals surface area (Å²) in [6.07, 6.45) is 0. The van der Waals surface area contributed by atoms with E-state index in [1.54, 1.807) is 11.3 Å². The van der Waals surface area contributed by atoms with Crippen molar-refractivity contribution in [2.75, 3.05) is 5.32 Å². The fourth-order valence-corrected chi connectivity index (χ4v) is 4.28. The Kier molecular flexibility index (Phi) is 4.39. The third-order valence-electron chi connectivity index (χ3n) is 4.35. The zero-order valence-corrected chi connectivity index (χ0v) is 16.4. The van der Waals surface area contributed by atoms with Gasteiger partial charge >= 0.3 is 0 Å². The number of anilines is 2. The molecule has 26 heavy (non-hydrogen) atoms. The van der Waals surface area contributed by atoms with Crippen molar-refractivity contribution in [1.29, 1.82) is 0 Å². The van der Waals surface area contributed by atoms with E-state index in [1.165, 1.54) is 16.0 Å². The van der Waals surface area contributed by atoms with E-state index in [4.69, 9.17) is 11.6 Å². The zero-order valence-electron chi connectivity index (χ0n) is 14.8. The molecule has 0 fully saturated rings. The van der Waals surface area contributed by atoms with Crippen molar-refractivity contribution in [2.45, 2.75) is 20.8 Å². The molecule has 2 aromatic carbocycles. The van der Waals surface area contributed by atoms with Gasteiger partial charge in [0.1, 0.15) is 10.6 Å². The summed E-state index contributed by atoms with van der Waals surface area (Å²) in [5.41, 5.74) is 5.76. The zero-order chi connectivity index (χ0) is 18.3. The molecular formula is C21H18ClN3S. The van der Waals surface area contributed by atoms with Crippen LogP contribution in [0.2, 0.25) is 5.28 Å². The molecule has 4 aromatic rings. The van der Waals surface area contributed by atoms with Crippen molar-refractivity contribution < 1.29 is 0 Å². The van der Waals surface area contributed by atoms with E-state index < -0.39 is 0 Å². The van der Waals surface area contributed by atoms with Crippen LogP contribution in [-0.4, -0.2) is 9.97 Å². The number of fused-ring (bicyclic) bond motifs is 1. The molecule has 4 rings (SSSR count). The summed E-state index contributed by atoms with van der Waals surface area (Å²) in [4.78, 5) is 11.0. The Labute approximate surface area is 161 Å². The fourth-order valence-electron chi connectivity index (χ4n) is 3.02. The lowest BCUT2D eigenvalue weighted by Gasteiger charge is -2.10. The minimum absolute atomic E-state index is 0.254. The van der Waals surface area contributed by atoms with Gasteiger partial charge in [-0.1, -0.05) is 47.5 Å². The van der Waals surface area contributed by atoms with Gasteiger partial charge in [0.05, 0.1) is 5.39 Å². The molecule has 5 heteroatoms. The van der Waals surface area contributed by atoms with Crippen molar-refractivity contribution in [2.24, 2.45) is 0 Å². The van der Waals surface area contributed by atoms with Crippen LogP contribution in [0.4, 0.5) is 11.5 Å². The standard InChI is InChI=1S/C21H18ClN3S/c1-12-4-8-15(9-5-12)17-14(3)26-20-18(17)19(24-21(22)25-20)23-16-10-6-13(2)7-11-16/h4-11H,1-3H3,(H,23,24,25). The maximum absolute atomic E-state index is 6.19. The van der Waals surface area contributed by atoms with Crippen LogP contribution in [0.3, 0.4) is 0 Å². The van der Waals surface area contributed by atoms with Crippen molar-refractivity contribution in [1.82, 2.24) is 9.97 Å². The Bertz CT molecular complexity index is 1080. The molecule has 1 N–H and O–H groups in total. The Hall–Kier alpha value is -2.43. The molecule has 0 aliphatic carbocycles. The summed E-state index contributed by atoms with van der Waals surface area (Å²) >= 11 is 7.83. The second-order valence-corrected chi connectivity index (χ2v) is 7.95. The third-order valence-corrected chi connectivity index (χ3v) is 5.52. The Morgan fingerprint density at radius 1 is 0.846 bits per heavy atom. The van der Waals surface area contributed by atoms with Gasteiger partial charge in [-0.05, 0) is 50.1 Å². The Morgan fingerprint density at radius 3 is 2.12 bits per heavy atom. The number of aromatic nitrogens is 2. The van der Waals surface area contributed by atoms with Gasteiger partial charge in [-0.25, -0.2) is 4.98 Å². The van der Waals surface area contributed by atoms with Gasteiger partial charge in [0.15, 0.2) is 0 Å². The minimum atomic E-state index is 0.254. The van der Waals surface area contributed by atoms with E-state index in [0.29, 0.717) is 0 Å². The van der Waals surface area contributed by atoms with Gasteiger partial charge in [-0.15, -0.1) is 11.3 Å². The van der Waals surface area contributed by atoms with Gasteiger partial charge < -0.3 is 5.32 Å². The van der Waals surface area contributed by atoms with Crippen molar-refractivity contribution >= 4 is 44.7 Å². The van der Waals surface area contributed by atoms with Crippen LogP contribution < -0.4 is 5.32 Å². The van der Waals surface area contributed by atoms with Gasteiger partial charge in [0.25, 0.3) is 0 Å². The molecule has 0 saturated carbocycles. The summed E-state index contributed by atoms with van der Waals surface area (Å²) in [6.45, 7) is 6.28. The second-order valence-electron chi connectivity index (χ2n) is 6.41. The van der Waals surface area contributed by atoms with Crippen LogP contribution in [0.15, 0.2) is 48.5 Å². The predicted octanol–water partition coefficient (Wildman–Crippen LogP) is 6.68. The van der Waals surface area contributed by atoms with Crippen LogP contribution in [0.25, 0.3) is 21.3 Å². The third kappa shape index (κ3) is 3.18. The van der Waals surface area contributed by atoms with Gasteiger partial charge in [0, 0.05) is 16.1 Å². The second kappa shape index (κ2) is 6.71. The summed E-state index contributed by atoms with van der Waals surface area (Å²) in [5.74, 6) is 0.740. The number of aryl methyl sites for hydroxylation is 3. The van der Waals surface area contributed by atoms with Crippen LogP contribution >= 0.6 is 22.9 Å². The Morgan fingerprint density at radius 2 is 1.46 bits per heavy atom. The number of nitrogens with zero attached hydrogens (tertiary/aromatic N) is 2. The maximum Gasteiger partial charge on any atom is 0.225 e. The number of nitrogens with one attached hydrogen (secondary N) is 1. The molecule has 0 aliphatic heterocycles. The summed E-state index contributed by atoms with van der Waals surface area (Å²) in [6, 6.07) is 16.8. The lowest BCUT2D eigenvalue weighted by atomic mass is 10.0. The first-order valence-corrected chi connectivity index (χ1v) is 9.58. The first-order chi connectivity index (χ1) is 12.5. The van der Waals surface area contributed by atoms with Crippen LogP contribution in [0.5, 0.6) is 0 Å². The lowest BCUT2D eigenvalue weighted by Crippen LogP contribution is -1.97. The SMILES string of the molecule is Cc1ccc(Nc2nc(Cl)nc3sc(C)c(-c4ccc(C)cc4)c23)cc1. The summed E-state index contributed by atoms with van der Waals surface area (Å²) in [7, 11) is 0. The number of thiophene rings is 1. The first-order valence-electron chi connectivity index (χ1n) is 8.38.